The van der Waals surface area contributed by atoms with Crippen LogP contribution in [-0.2, 0) is 0 Å². The molecule has 3 heteroatoms. The zero-order valence-electron chi connectivity index (χ0n) is 8.30. The third kappa shape index (κ3) is 2.05. The van der Waals surface area contributed by atoms with Crippen LogP contribution in [0, 0.1) is 5.82 Å². The van der Waals surface area contributed by atoms with Crippen molar-refractivity contribution in [3.05, 3.63) is 34.1 Å². The van der Waals surface area contributed by atoms with Gasteiger partial charge in [-0.25, -0.2) is 4.39 Å². The van der Waals surface area contributed by atoms with Gasteiger partial charge in [-0.3, -0.25) is 4.79 Å². The number of benzene rings is 1. The van der Waals surface area contributed by atoms with E-state index in [1.807, 2.05) is 0 Å². The number of carbonyl (C=O) groups is 1. The second-order valence-electron chi connectivity index (χ2n) is 4.00. The zero-order chi connectivity index (χ0) is 10.8. The van der Waals surface area contributed by atoms with Crippen LogP contribution in [-0.4, -0.2) is 6.29 Å². The van der Waals surface area contributed by atoms with Gasteiger partial charge in [-0.2, -0.15) is 0 Å². The molecule has 1 saturated carbocycles. The number of rotatable bonds is 2. The lowest BCUT2D eigenvalue weighted by Crippen LogP contribution is -1.97. The Labute approximate surface area is 93.2 Å². The van der Waals surface area contributed by atoms with Gasteiger partial charge in [0.05, 0.1) is 10.6 Å². The summed E-state index contributed by atoms with van der Waals surface area (Å²) in [6.45, 7) is 0. The molecule has 0 radical (unpaired) electrons. The molecule has 15 heavy (non-hydrogen) atoms. The van der Waals surface area contributed by atoms with Crippen LogP contribution in [0.4, 0.5) is 4.39 Å². The van der Waals surface area contributed by atoms with Crippen LogP contribution in [0.5, 0.6) is 0 Å². The highest BCUT2D eigenvalue weighted by atomic mass is 35.5. The maximum absolute atomic E-state index is 13.4. The first-order valence-electron chi connectivity index (χ1n) is 5.16. The SMILES string of the molecule is O=Cc1c(F)cc(C2CCCC2)cc1Cl. The fourth-order valence-corrected chi connectivity index (χ4v) is 2.47. The van der Waals surface area contributed by atoms with Crippen LogP contribution in [0.15, 0.2) is 12.1 Å². The zero-order valence-corrected chi connectivity index (χ0v) is 9.06. The van der Waals surface area contributed by atoms with Crippen LogP contribution >= 0.6 is 11.6 Å². The van der Waals surface area contributed by atoms with E-state index in [0.717, 1.165) is 18.4 Å². The Morgan fingerprint density at radius 1 is 1.33 bits per heavy atom. The molecule has 1 nitrogen and oxygen atoms in total. The number of hydrogen-bond acceptors (Lipinski definition) is 1. The molecule has 0 aromatic heterocycles. The van der Waals surface area contributed by atoms with Gasteiger partial charge in [-0.05, 0) is 36.5 Å². The molecule has 0 heterocycles. The predicted molar refractivity (Wildman–Crippen MR) is 58.0 cm³/mol. The van der Waals surface area contributed by atoms with Crippen LogP contribution < -0.4 is 0 Å². The summed E-state index contributed by atoms with van der Waals surface area (Å²) in [6.07, 6.45) is 5.04. The molecule has 1 aliphatic rings. The molecular formula is C12H12ClFO. The number of aldehydes is 1. The van der Waals surface area contributed by atoms with E-state index in [1.165, 1.54) is 18.9 Å². The Hall–Kier alpha value is -0.890. The summed E-state index contributed by atoms with van der Waals surface area (Å²) >= 11 is 5.84. The largest absolute Gasteiger partial charge is 0.298 e. The summed E-state index contributed by atoms with van der Waals surface area (Å²) in [4.78, 5) is 10.6. The minimum atomic E-state index is -0.501. The van der Waals surface area contributed by atoms with E-state index < -0.39 is 5.82 Å². The summed E-state index contributed by atoms with van der Waals surface area (Å²) in [6, 6.07) is 3.18. The van der Waals surface area contributed by atoms with Crippen LogP contribution in [0.25, 0.3) is 0 Å². The average molecular weight is 227 g/mol. The third-order valence-corrected chi connectivity index (χ3v) is 3.36. The minimum Gasteiger partial charge on any atom is -0.298 e. The first-order valence-corrected chi connectivity index (χ1v) is 5.54. The lowest BCUT2D eigenvalue weighted by Gasteiger charge is -2.11. The van der Waals surface area contributed by atoms with Crippen molar-refractivity contribution < 1.29 is 9.18 Å². The van der Waals surface area contributed by atoms with Gasteiger partial charge in [-0.15, -0.1) is 0 Å². The lowest BCUT2D eigenvalue weighted by atomic mass is 9.96. The molecule has 0 unspecified atom stereocenters. The van der Waals surface area contributed by atoms with Gasteiger partial charge in [0.25, 0.3) is 0 Å². The molecule has 80 valence electrons. The minimum absolute atomic E-state index is 0.0292. The molecule has 0 bridgehead atoms. The maximum Gasteiger partial charge on any atom is 0.154 e. The molecule has 2 rings (SSSR count). The molecule has 0 saturated heterocycles. The van der Waals surface area contributed by atoms with E-state index in [-0.39, 0.29) is 10.6 Å². The second kappa shape index (κ2) is 4.31. The van der Waals surface area contributed by atoms with E-state index in [1.54, 1.807) is 6.07 Å². The molecule has 0 atom stereocenters. The standard InChI is InChI=1S/C12H12ClFO/c13-11-5-9(8-3-1-2-4-8)6-12(14)10(11)7-15/h5-8H,1-4H2. The number of halogens is 2. The van der Waals surface area contributed by atoms with Crippen molar-refractivity contribution in [2.24, 2.45) is 0 Å². The van der Waals surface area contributed by atoms with Crippen molar-refractivity contribution in [1.29, 1.82) is 0 Å². The first kappa shape index (κ1) is 10.6. The Bertz CT molecular complexity index is 360. The Morgan fingerprint density at radius 3 is 2.53 bits per heavy atom. The summed E-state index contributed by atoms with van der Waals surface area (Å²) in [5.74, 6) is -0.0860. The van der Waals surface area contributed by atoms with E-state index in [9.17, 15) is 9.18 Å². The molecule has 1 aromatic carbocycles. The summed E-state index contributed by atoms with van der Waals surface area (Å²) in [5, 5.41) is 0.229. The Kier molecular flexibility index (Phi) is 3.06. The second-order valence-corrected chi connectivity index (χ2v) is 4.40. The van der Waals surface area contributed by atoms with Crippen LogP contribution in [0.2, 0.25) is 5.02 Å². The van der Waals surface area contributed by atoms with Crippen LogP contribution in [0.3, 0.4) is 0 Å². The molecule has 0 spiro atoms. The van der Waals surface area contributed by atoms with E-state index >= 15 is 0 Å². The van der Waals surface area contributed by atoms with Gasteiger partial charge in [0.2, 0.25) is 0 Å². The molecule has 1 aromatic rings. The quantitative estimate of drug-likeness (QED) is 0.698. The summed E-state index contributed by atoms with van der Waals surface area (Å²) in [5.41, 5.74) is 0.902. The van der Waals surface area contributed by atoms with Crippen molar-refractivity contribution in [1.82, 2.24) is 0 Å². The molecule has 0 amide bonds. The van der Waals surface area contributed by atoms with Gasteiger partial charge in [0.15, 0.2) is 6.29 Å². The van der Waals surface area contributed by atoms with E-state index in [0.29, 0.717) is 12.2 Å². The predicted octanol–water partition coefficient (Wildman–Crippen LogP) is 3.95. The molecule has 0 N–H and O–H groups in total. The first-order chi connectivity index (χ1) is 7.22. The highest BCUT2D eigenvalue weighted by Gasteiger charge is 2.19. The number of hydrogen-bond donors (Lipinski definition) is 0. The van der Waals surface area contributed by atoms with Gasteiger partial charge in [0, 0.05) is 0 Å². The smallest absolute Gasteiger partial charge is 0.154 e. The molecule has 0 aliphatic heterocycles. The topological polar surface area (TPSA) is 17.1 Å². The van der Waals surface area contributed by atoms with Crippen molar-refractivity contribution >= 4 is 17.9 Å². The highest BCUT2D eigenvalue weighted by Crippen LogP contribution is 2.36. The fraction of sp³-hybridized carbons (Fsp3) is 0.417. The van der Waals surface area contributed by atoms with Gasteiger partial charge in [0.1, 0.15) is 5.82 Å². The number of carbonyl (C=O) groups excluding carboxylic acids is 1. The van der Waals surface area contributed by atoms with Crippen molar-refractivity contribution in [2.75, 3.05) is 0 Å². The molecule has 1 aliphatic carbocycles. The van der Waals surface area contributed by atoms with Crippen molar-refractivity contribution in [3.8, 4) is 0 Å². The van der Waals surface area contributed by atoms with Crippen molar-refractivity contribution in [2.45, 2.75) is 31.6 Å². The fourth-order valence-electron chi connectivity index (χ4n) is 2.21. The average Bonchev–Trinajstić information content (AvgIpc) is 2.69. The van der Waals surface area contributed by atoms with Crippen molar-refractivity contribution in [3.63, 3.8) is 0 Å². The van der Waals surface area contributed by atoms with E-state index in [2.05, 4.69) is 0 Å². The van der Waals surface area contributed by atoms with Crippen LogP contribution in [0.1, 0.15) is 47.5 Å². The Balaban J connectivity index is 2.37. The Morgan fingerprint density at radius 2 is 2.00 bits per heavy atom. The maximum atomic E-state index is 13.4. The van der Waals surface area contributed by atoms with Gasteiger partial charge in [-0.1, -0.05) is 24.4 Å². The monoisotopic (exact) mass is 226 g/mol. The van der Waals surface area contributed by atoms with Gasteiger partial charge >= 0.3 is 0 Å². The third-order valence-electron chi connectivity index (χ3n) is 3.05. The summed E-state index contributed by atoms with van der Waals surface area (Å²) in [7, 11) is 0. The molecule has 1 fully saturated rings. The van der Waals surface area contributed by atoms with Gasteiger partial charge < -0.3 is 0 Å². The highest BCUT2D eigenvalue weighted by molar-refractivity contribution is 6.33. The van der Waals surface area contributed by atoms with E-state index in [4.69, 9.17) is 11.6 Å². The molecular weight excluding hydrogens is 215 g/mol. The summed E-state index contributed by atoms with van der Waals surface area (Å²) < 4.78 is 13.4. The normalized spacial score (nSPS) is 16.9. The lowest BCUT2D eigenvalue weighted by molar-refractivity contribution is 0.112.